The number of methoxy groups -OCH3 is 1. The maximum absolute atomic E-state index is 12.4. The molecule has 1 spiro atoms. The van der Waals surface area contributed by atoms with Gasteiger partial charge in [0.2, 0.25) is 5.89 Å². The number of carbonyl (C=O) groups excluding carboxylic acids is 2. The standard InChI is InChI=1S/C15H23N5O5/c1-19-9-15(24-14(19)22)5-3-6-20(10-15)13(21)16-8-11-17-12(25-18-11)4-7-23-2/h3-10H2,1-2H3,(H,16,21). The fraction of sp³-hybridized carbons (Fsp3) is 0.733. The molecule has 10 nitrogen and oxygen atoms in total. The molecule has 1 aromatic heterocycles. The van der Waals surface area contributed by atoms with Crippen LogP contribution in [0.4, 0.5) is 9.59 Å². The van der Waals surface area contributed by atoms with Crippen LogP contribution in [0.25, 0.3) is 0 Å². The number of piperidine rings is 1. The minimum Gasteiger partial charge on any atom is -0.439 e. The minimum absolute atomic E-state index is 0.179. The topological polar surface area (TPSA) is 110 Å². The van der Waals surface area contributed by atoms with Crippen LogP contribution in [0.5, 0.6) is 0 Å². The van der Waals surface area contributed by atoms with Crippen LogP contribution in [0, 0.1) is 0 Å². The second-order valence-corrected chi connectivity index (χ2v) is 6.44. The highest BCUT2D eigenvalue weighted by Gasteiger charge is 2.47. The predicted octanol–water partition coefficient (Wildman–Crippen LogP) is 0.385. The minimum atomic E-state index is -0.596. The lowest BCUT2D eigenvalue weighted by atomic mass is 9.93. The van der Waals surface area contributed by atoms with E-state index in [0.29, 0.717) is 44.4 Å². The van der Waals surface area contributed by atoms with Crippen molar-refractivity contribution in [1.82, 2.24) is 25.3 Å². The highest BCUT2D eigenvalue weighted by Crippen LogP contribution is 2.31. The third kappa shape index (κ3) is 4.01. The normalized spacial score (nSPS) is 23.2. The molecule has 138 valence electrons. The molecule has 0 bridgehead atoms. The van der Waals surface area contributed by atoms with Gasteiger partial charge in [-0.3, -0.25) is 0 Å². The van der Waals surface area contributed by atoms with E-state index < -0.39 is 5.60 Å². The smallest absolute Gasteiger partial charge is 0.410 e. The molecule has 3 amide bonds. The number of ether oxygens (including phenoxy) is 2. The van der Waals surface area contributed by atoms with Crippen LogP contribution in [-0.4, -0.2) is 78.1 Å². The number of carbonyl (C=O) groups is 2. The largest absolute Gasteiger partial charge is 0.439 e. The average molecular weight is 353 g/mol. The van der Waals surface area contributed by atoms with Crippen LogP contribution < -0.4 is 5.32 Å². The third-order valence-corrected chi connectivity index (χ3v) is 4.40. The second kappa shape index (κ2) is 7.26. The van der Waals surface area contributed by atoms with E-state index in [4.69, 9.17) is 14.0 Å². The molecule has 2 saturated heterocycles. The van der Waals surface area contributed by atoms with Gasteiger partial charge < -0.3 is 29.1 Å². The summed E-state index contributed by atoms with van der Waals surface area (Å²) in [5, 5.41) is 6.61. The molecule has 0 saturated carbocycles. The molecule has 10 heteroatoms. The van der Waals surface area contributed by atoms with Gasteiger partial charge in [-0.05, 0) is 12.8 Å². The van der Waals surface area contributed by atoms with Crippen molar-refractivity contribution in [2.75, 3.05) is 40.4 Å². The van der Waals surface area contributed by atoms with Gasteiger partial charge in [-0.2, -0.15) is 4.98 Å². The first-order chi connectivity index (χ1) is 12.0. The van der Waals surface area contributed by atoms with E-state index in [1.165, 1.54) is 0 Å². The molecule has 1 unspecified atom stereocenters. The van der Waals surface area contributed by atoms with Crippen molar-refractivity contribution in [3.63, 3.8) is 0 Å². The lowest BCUT2D eigenvalue weighted by molar-refractivity contribution is 0.00315. The summed E-state index contributed by atoms with van der Waals surface area (Å²) in [5.41, 5.74) is -0.596. The van der Waals surface area contributed by atoms with Crippen molar-refractivity contribution in [3.05, 3.63) is 11.7 Å². The van der Waals surface area contributed by atoms with Gasteiger partial charge in [0.15, 0.2) is 5.82 Å². The summed E-state index contributed by atoms with van der Waals surface area (Å²) < 4.78 is 15.5. The van der Waals surface area contributed by atoms with Gasteiger partial charge in [-0.15, -0.1) is 0 Å². The molecule has 3 heterocycles. The number of likely N-dealkylation sites (N-methyl/N-ethyl adjacent to an activating group) is 1. The number of urea groups is 1. The van der Waals surface area contributed by atoms with Gasteiger partial charge in [-0.25, -0.2) is 9.59 Å². The molecule has 0 aromatic carbocycles. The Morgan fingerprint density at radius 1 is 1.44 bits per heavy atom. The molecule has 3 rings (SSSR count). The first-order valence-electron chi connectivity index (χ1n) is 8.29. The summed E-state index contributed by atoms with van der Waals surface area (Å²) in [6.07, 6.45) is 1.75. The molecular weight excluding hydrogens is 330 g/mol. The monoisotopic (exact) mass is 353 g/mol. The maximum Gasteiger partial charge on any atom is 0.410 e. The zero-order valence-corrected chi connectivity index (χ0v) is 14.5. The predicted molar refractivity (Wildman–Crippen MR) is 84.8 cm³/mol. The highest BCUT2D eigenvalue weighted by molar-refractivity contribution is 5.75. The first-order valence-corrected chi connectivity index (χ1v) is 8.29. The Morgan fingerprint density at radius 3 is 3.00 bits per heavy atom. The molecule has 0 radical (unpaired) electrons. The fourth-order valence-electron chi connectivity index (χ4n) is 3.20. The molecule has 0 aliphatic carbocycles. The quantitative estimate of drug-likeness (QED) is 0.815. The van der Waals surface area contributed by atoms with Crippen LogP contribution in [-0.2, 0) is 22.4 Å². The molecule has 2 fully saturated rings. The van der Waals surface area contributed by atoms with Crippen LogP contribution in [0.15, 0.2) is 4.52 Å². The van der Waals surface area contributed by atoms with Gasteiger partial charge in [0, 0.05) is 20.7 Å². The van der Waals surface area contributed by atoms with Gasteiger partial charge in [0.25, 0.3) is 0 Å². The average Bonchev–Trinajstić information content (AvgIpc) is 3.15. The van der Waals surface area contributed by atoms with E-state index in [1.54, 1.807) is 24.0 Å². The zero-order chi connectivity index (χ0) is 17.9. The Bertz CT molecular complexity index is 636. The van der Waals surface area contributed by atoms with E-state index >= 15 is 0 Å². The summed E-state index contributed by atoms with van der Waals surface area (Å²) in [5.74, 6) is 0.891. The third-order valence-electron chi connectivity index (χ3n) is 4.40. The maximum atomic E-state index is 12.4. The number of nitrogens with zero attached hydrogens (tertiary/aromatic N) is 4. The summed E-state index contributed by atoms with van der Waals surface area (Å²) in [4.78, 5) is 31.5. The molecule has 25 heavy (non-hydrogen) atoms. The number of nitrogens with one attached hydrogen (secondary N) is 1. The molecule has 2 aliphatic rings. The zero-order valence-electron chi connectivity index (χ0n) is 14.5. The van der Waals surface area contributed by atoms with Crippen LogP contribution in [0.3, 0.4) is 0 Å². The summed E-state index contributed by atoms with van der Waals surface area (Å²) in [6.45, 7) is 2.19. The van der Waals surface area contributed by atoms with Crippen molar-refractivity contribution in [1.29, 1.82) is 0 Å². The van der Waals surface area contributed by atoms with Crippen LogP contribution >= 0.6 is 0 Å². The fourth-order valence-corrected chi connectivity index (χ4v) is 3.20. The van der Waals surface area contributed by atoms with Crippen molar-refractivity contribution >= 4 is 12.1 Å². The van der Waals surface area contributed by atoms with Gasteiger partial charge >= 0.3 is 12.1 Å². The lowest BCUT2D eigenvalue weighted by Gasteiger charge is -2.38. The van der Waals surface area contributed by atoms with E-state index in [-0.39, 0.29) is 18.7 Å². The number of amides is 3. The first kappa shape index (κ1) is 17.5. The Balaban J connectivity index is 1.51. The van der Waals surface area contributed by atoms with Gasteiger partial charge in [0.05, 0.1) is 32.7 Å². The Labute approximate surface area is 145 Å². The van der Waals surface area contributed by atoms with Crippen LogP contribution in [0.1, 0.15) is 24.6 Å². The molecule has 1 atom stereocenters. The Kier molecular flexibility index (Phi) is 5.07. The summed E-state index contributed by atoms with van der Waals surface area (Å²) in [7, 11) is 3.30. The number of hydrogen-bond donors (Lipinski definition) is 1. The molecular formula is C15H23N5O5. The van der Waals surface area contributed by atoms with Gasteiger partial charge in [-0.1, -0.05) is 5.16 Å². The van der Waals surface area contributed by atoms with Crippen LogP contribution in [0.2, 0.25) is 0 Å². The van der Waals surface area contributed by atoms with E-state index in [0.717, 1.165) is 12.8 Å². The van der Waals surface area contributed by atoms with Crippen molar-refractivity contribution in [2.45, 2.75) is 31.4 Å². The number of rotatable bonds is 5. The highest BCUT2D eigenvalue weighted by atomic mass is 16.6. The molecule has 1 N–H and O–H groups in total. The summed E-state index contributed by atoms with van der Waals surface area (Å²) >= 11 is 0. The van der Waals surface area contributed by atoms with Crippen molar-refractivity contribution in [3.8, 4) is 0 Å². The van der Waals surface area contributed by atoms with Gasteiger partial charge in [0.1, 0.15) is 5.60 Å². The number of aromatic nitrogens is 2. The molecule has 2 aliphatic heterocycles. The number of likely N-dealkylation sites (tertiary alicyclic amines) is 1. The van der Waals surface area contributed by atoms with E-state index in [9.17, 15) is 9.59 Å². The Morgan fingerprint density at radius 2 is 2.28 bits per heavy atom. The SMILES string of the molecule is COCCc1nc(CNC(=O)N2CCCC3(CN(C)C(=O)O3)C2)no1. The second-order valence-electron chi connectivity index (χ2n) is 6.44. The van der Waals surface area contributed by atoms with E-state index in [1.807, 2.05) is 0 Å². The Hall–Kier alpha value is -2.36. The lowest BCUT2D eigenvalue weighted by Crippen LogP contribution is -2.54. The van der Waals surface area contributed by atoms with Crippen molar-refractivity contribution < 1.29 is 23.6 Å². The van der Waals surface area contributed by atoms with Crippen molar-refractivity contribution in [2.24, 2.45) is 0 Å². The number of hydrogen-bond acceptors (Lipinski definition) is 7. The van der Waals surface area contributed by atoms with E-state index in [2.05, 4.69) is 15.5 Å². The molecule has 1 aromatic rings. The summed E-state index contributed by atoms with van der Waals surface area (Å²) in [6, 6.07) is -0.229.